The Kier molecular flexibility index (Phi) is 6.71. The Balaban J connectivity index is 2.50. The molecule has 1 aromatic rings. The Morgan fingerprint density at radius 2 is 1.89 bits per heavy atom. The van der Waals surface area contributed by atoms with Crippen LogP contribution in [0.1, 0.15) is 32.8 Å². The lowest BCUT2D eigenvalue weighted by Crippen LogP contribution is -2.38. The van der Waals surface area contributed by atoms with Gasteiger partial charge in [-0.15, -0.1) is 11.6 Å². The topological polar surface area (TPSA) is 41.1 Å². The molecule has 2 amide bonds. The molecule has 0 radical (unpaired) electrons. The lowest BCUT2D eigenvalue weighted by Gasteiger charge is -2.14. The summed E-state index contributed by atoms with van der Waals surface area (Å²) in [6.07, 6.45) is 1.88. The van der Waals surface area contributed by atoms with Crippen molar-refractivity contribution in [2.45, 2.75) is 39.7 Å². The van der Waals surface area contributed by atoms with Crippen LogP contribution in [-0.2, 0) is 6.42 Å². The minimum absolute atomic E-state index is 0.0156. The van der Waals surface area contributed by atoms with Gasteiger partial charge in [0.25, 0.3) is 0 Å². The molecule has 1 rings (SSSR count). The third-order valence-electron chi connectivity index (χ3n) is 2.87. The van der Waals surface area contributed by atoms with Crippen LogP contribution in [0.2, 0.25) is 0 Å². The first-order valence-electron chi connectivity index (χ1n) is 6.77. The Labute approximate surface area is 120 Å². The molecule has 0 spiro atoms. The molecule has 1 aromatic carbocycles. The third-order valence-corrected chi connectivity index (χ3v) is 3.24. The van der Waals surface area contributed by atoms with Gasteiger partial charge in [0.15, 0.2) is 0 Å². The second-order valence-corrected chi connectivity index (χ2v) is 5.46. The number of carbonyl (C=O) groups is 1. The molecule has 0 aliphatic rings. The van der Waals surface area contributed by atoms with Crippen molar-refractivity contribution in [1.82, 2.24) is 5.32 Å². The predicted octanol–water partition coefficient (Wildman–Crippen LogP) is 4.02. The van der Waals surface area contributed by atoms with Gasteiger partial charge < -0.3 is 10.6 Å². The zero-order valence-electron chi connectivity index (χ0n) is 11.9. The normalized spacial score (nSPS) is 12.3. The smallest absolute Gasteiger partial charge is 0.319 e. The molecule has 0 saturated carbocycles. The van der Waals surface area contributed by atoms with Crippen LogP contribution in [0, 0.1) is 5.92 Å². The van der Waals surface area contributed by atoms with Crippen molar-refractivity contribution in [2.75, 3.05) is 11.2 Å². The van der Waals surface area contributed by atoms with Crippen LogP contribution in [0.4, 0.5) is 10.5 Å². The summed E-state index contributed by atoms with van der Waals surface area (Å²) in [7, 11) is 0. The fourth-order valence-electron chi connectivity index (χ4n) is 1.80. The van der Waals surface area contributed by atoms with E-state index in [1.165, 1.54) is 5.56 Å². The molecular formula is C15H23ClN2O. The minimum Gasteiger partial charge on any atom is -0.334 e. The molecule has 19 heavy (non-hydrogen) atoms. The van der Waals surface area contributed by atoms with Gasteiger partial charge in [0.1, 0.15) is 0 Å². The summed E-state index contributed by atoms with van der Waals surface area (Å²) in [5.74, 6) is 1.06. The minimum atomic E-state index is -0.205. The molecule has 2 N–H and O–H groups in total. The number of benzene rings is 1. The van der Waals surface area contributed by atoms with Crippen molar-refractivity contribution in [3.63, 3.8) is 0 Å². The molecule has 0 bridgehead atoms. The van der Waals surface area contributed by atoms with E-state index >= 15 is 0 Å². The van der Waals surface area contributed by atoms with Crippen LogP contribution < -0.4 is 10.6 Å². The second kappa shape index (κ2) is 8.05. The summed E-state index contributed by atoms with van der Waals surface area (Å²) < 4.78 is 0. The summed E-state index contributed by atoms with van der Waals surface area (Å²) >= 11 is 5.74. The van der Waals surface area contributed by atoms with E-state index in [4.69, 9.17) is 11.6 Å². The van der Waals surface area contributed by atoms with Gasteiger partial charge in [0, 0.05) is 17.6 Å². The highest BCUT2D eigenvalue weighted by molar-refractivity contribution is 6.18. The quantitative estimate of drug-likeness (QED) is 0.760. The van der Waals surface area contributed by atoms with Crippen molar-refractivity contribution in [3.05, 3.63) is 29.8 Å². The van der Waals surface area contributed by atoms with Gasteiger partial charge in [-0.1, -0.05) is 32.9 Å². The molecule has 0 heterocycles. The Morgan fingerprint density at radius 3 is 2.37 bits per heavy atom. The molecule has 3 nitrogen and oxygen atoms in total. The highest BCUT2D eigenvalue weighted by Gasteiger charge is 2.08. The number of alkyl halides is 1. The van der Waals surface area contributed by atoms with Crippen molar-refractivity contribution < 1.29 is 4.79 Å². The van der Waals surface area contributed by atoms with Crippen molar-refractivity contribution in [2.24, 2.45) is 5.92 Å². The first kappa shape index (κ1) is 15.8. The van der Waals surface area contributed by atoms with Gasteiger partial charge >= 0.3 is 6.03 Å². The Bertz CT molecular complexity index is 386. The number of halogens is 1. The average molecular weight is 283 g/mol. The fourth-order valence-corrected chi connectivity index (χ4v) is 2.09. The van der Waals surface area contributed by atoms with Crippen molar-refractivity contribution in [3.8, 4) is 0 Å². The summed E-state index contributed by atoms with van der Waals surface area (Å²) in [5.41, 5.74) is 2.09. The first-order valence-corrected chi connectivity index (χ1v) is 7.31. The number of carbonyl (C=O) groups excluding carboxylic acids is 1. The largest absolute Gasteiger partial charge is 0.334 e. The van der Waals surface area contributed by atoms with Crippen LogP contribution in [0.25, 0.3) is 0 Å². The Morgan fingerprint density at radius 1 is 1.26 bits per heavy atom. The van der Waals surface area contributed by atoms with E-state index < -0.39 is 0 Å². The van der Waals surface area contributed by atoms with Crippen LogP contribution in [0.15, 0.2) is 24.3 Å². The van der Waals surface area contributed by atoms with Gasteiger partial charge in [-0.3, -0.25) is 0 Å². The highest BCUT2D eigenvalue weighted by Crippen LogP contribution is 2.13. The van der Waals surface area contributed by atoms with Crippen molar-refractivity contribution >= 4 is 23.3 Å². The molecule has 1 unspecified atom stereocenters. The van der Waals surface area contributed by atoms with E-state index in [2.05, 4.69) is 36.6 Å². The van der Waals surface area contributed by atoms with Gasteiger partial charge in [0.2, 0.25) is 0 Å². The van der Waals surface area contributed by atoms with E-state index in [-0.39, 0.29) is 12.1 Å². The number of rotatable bonds is 6. The maximum atomic E-state index is 11.7. The van der Waals surface area contributed by atoms with E-state index in [0.29, 0.717) is 11.8 Å². The van der Waals surface area contributed by atoms with E-state index in [1.54, 1.807) is 0 Å². The molecular weight excluding hydrogens is 260 g/mol. The number of hydrogen-bond acceptors (Lipinski definition) is 1. The lowest BCUT2D eigenvalue weighted by atomic mass is 10.0. The van der Waals surface area contributed by atoms with E-state index in [0.717, 1.165) is 18.5 Å². The van der Waals surface area contributed by atoms with Gasteiger partial charge in [0.05, 0.1) is 0 Å². The maximum Gasteiger partial charge on any atom is 0.319 e. The standard InChI is InChI=1S/C15H23ClN2O/c1-4-13(10-16)17-15(19)18-14-7-5-12(6-8-14)9-11(2)3/h5-8,11,13H,4,9-10H2,1-3H3,(H2,17,18,19). The molecule has 0 fully saturated rings. The number of anilines is 1. The zero-order valence-corrected chi connectivity index (χ0v) is 12.6. The van der Waals surface area contributed by atoms with Crippen LogP contribution in [0.3, 0.4) is 0 Å². The van der Waals surface area contributed by atoms with E-state index in [9.17, 15) is 4.79 Å². The summed E-state index contributed by atoms with van der Waals surface area (Å²) in [6, 6.07) is 7.77. The van der Waals surface area contributed by atoms with Crippen LogP contribution in [0.5, 0.6) is 0 Å². The second-order valence-electron chi connectivity index (χ2n) is 5.15. The average Bonchev–Trinajstić information content (AvgIpc) is 2.37. The van der Waals surface area contributed by atoms with Crippen molar-refractivity contribution in [1.29, 1.82) is 0 Å². The number of hydrogen-bond donors (Lipinski definition) is 2. The summed E-state index contributed by atoms with van der Waals surface area (Å²) in [5, 5.41) is 5.64. The number of nitrogens with one attached hydrogen (secondary N) is 2. The summed E-state index contributed by atoms with van der Waals surface area (Å²) in [6.45, 7) is 6.38. The Hall–Kier alpha value is -1.22. The zero-order chi connectivity index (χ0) is 14.3. The molecule has 0 aliphatic heterocycles. The monoisotopic (exact) mass is 282 g/mol. The molecule has 1 atom stereocenters. The first-order chi connectivity index (χ1) is 9.05. The van der Waals surface area contributed by atoms with Gasteiger partial charge in [-0.2, -0.15) is 0 Å². The number of urea groups is 1. The van der Waals surface area contributed by atoms with Crippen LogP contribution >= 0.6 is 11.6 Å². The molecule has 4 heteroatoms. The highest BCUT2D eigenvalue weighted by atomic mass is 35.5. The van der Waals surface area contributed by atoms with E-state index in [1.807, 2.05) is 19.1 Å². The van der Waals surface area contributed by atoms with Crippen LogP contribution in [-0.4, -0.2) is 18.0 Å². The molecule has 0 aromatic heterocycles. The SMILES string of the molecule is CCC(CCl)NC(=O)Nc1ccc(CC(C)C)cc1. The molecule has 0 saturated heterocycles. The van der Waals surface area contributed by atoms with Gasteiger partial charge in [-0.05, 0) is 36.5 Å². The number of amides is 2. The molecule has 106 valence electrons. The maximum absolute atomic E-state index is 11.7. The lowest BCUT2D eigenvalue weighted by molar-refractivity contribution is 0.249. The predicted molar refractivity (Wildman–Crippen MR) is 81.9 cm³/mol. The fraction of sp³-hybridized carbons (Fsp3) is 0.533. The third kappa shape index (κ3) is 5.97. The van der Waals surface area contributed by atoms with Gasteiger partial charge in [-0.25, -0.2) is 4.79 Å². The summed E-state index contributed by atoms with van der Waals surface area (Å²) in [4.78, 5) is 11.7. The molecule has 0 aliphatic carbocycles.